The van der Waals surface area contributed by atoms with Crippen LogP contribution < -0.4 is 0 Å². The normalized spacial score (nSPS) is 10.0. The molecule has 0 unspecified atom stereocenters. The van der Waals surface area contributed by atoms with Crippen LogP contribution >= 0.6 is 11.8 Å². The molecule has 0 saturated heterocycles. The first-order valence-corrected chi connectivity index (χ1v) is 5.94. The third-order valence-corrected chi connectivity index (χ3v) is 3.29. The van der Waals surface area contributed by atoms with E-state index >= 15 is 0 Å². The second-order valence-corrected chi connectivity index (χ2v) is 4.50. The van der Waals surface area contributed by atoms with E-state index in [0.29, 0.717) is 0 Å². The minimum absolute atomic E-state index is 0.724. The van der Waals surface area contributed by atoms with Gasteiger partial charge in [-0.3, -0.25) is 0 Å². The largest absolute Gasteiger partial charge is 0.468 e. The average Bonchev–Trinajstić information content (AvgIpc) is 2.79. The van der Waals surface area contributed by atoms with Crippen molar-refractivity contribution in [3.05, 3.63) is 53.5 Å². The standard InChI is InChI=1S/C13H11NOS/c1-10-4-5-11(8-14)13(7-10)16-9-12-3-2-6-15-12/h2-7H,9H2,1H3. The molecule has 1 aromatic heterocycles. The molecule has 0 aliphatic rings. The van der Waals surface area contributed by atoms with Gasteiger partial charge in [0.25, 0.3) is 0 Å². The van der Waals surface area contributed by atoms with Crippen molar-refractivity contribution in [1.82, 2.24) is 0 Å². The quantitative estimate of drug-likeness (QED) is 0.752. The number of rotatable bonds is 3. The molecule has 0 saturated carbocycles. The summed E-state index contributed by atoms with van der Waals surface area (Å²) in [4.78, 5) is 1.01. The van der Waals surface area contributed by atoms with E-state index in [-0.39, 0.29) is 0 Å². The molecule has 0 radical (unpaired) electrons. The van der Waals surface area contributed by atoms with Gasteiger partial charge in [-0.25, -0.2) is 0 Å². The first-order valence-electron chi connectivity index (χ1n) is 4.95. The van der Waals surface area contributed by atoms with Crippen molar-refractivity contribution in [2.75, 3.05) is 0 Å². The molecule has 2 rings (SSSR count). The van der Waals surface area contributed by atoms with E-state index in [1.807, 2.05) is 37.3 Å². The fraction of sp³-hybridized carbons (Fsp3) is 0.154. The second kappa shape index (κ2) is 4.91. The molecule has 80 valence electrons. The van der Waals surface area contributed by atoms with Gasteiger partial charge in [-0.15, -0.1) is 11.8 Å². The fourth-order valence-corrected chi connectivity index (χ4v) is 2.39. The molecular weight excluding hydrogens is 218 g/mol. The molecule has 2 aromatic rings. The van der Waals surface area contributed by atoms with Crippen molar-refractivity contribution in [3.8, 4) is 6.07 Å². The summed E-state index contributed by atoms with van der Waals surface area (Å²) in [5.74, 6) is 1.68. The van der Waals surface area contributed by atoms with Gasteiger partial charge in [-0.05, 0) is 36.8 Å². The van der Waals surface area contributed by atoms with Crippen LogP contribution in [0.25, 0.3) is 0 Å². The van der Waals surface area contributed by atoms with Crippen LogP contribution in [0, 0.1) is 18.3 Å². The third-order valence-electron chi connectivity index (χ3n) is 2.21. The topological polar surface area (TPSA) is 36.9 Å². The van der Waals surface area contributed by atoms with Gasteiger partial charge in [0.2, 0.25) is 0 Å². The molecule has 0 amide bonds. The highest BCUT2D eigenvalue weighted by Gasteiger charge is 2.04. The number of thioether (sulfide) groups is 1. The lowest BCUT2D eigenvalue weighted by Gasteiger charge is -2.03. The minimum Gasteiger partial charge on any atom is -0.468 e. The lowest BCUT2D eigenvalue weighted by molar-refractivity contribution is 0.530. The summed E-state index contributed by atoms with van der Waals surface area (Å²) >= 11 is 1.63. The Morgan fingerprint density at radius 2 is 2.25 bits per heavy atom. The van der Waals surface area contributed by atoms with E-state index in [1.54, 1.807) is 18.0 Å². The molecule has 16 heavy (non-hydrogen) atoms. The zero-order valence-electron chi connectivity index (χ0n) is 8.93. The minimum atomic E-state index is 0.724. The van der Waals surface area contributed by atoms with Crippen LogP contribution in [0.3, 0.4) is 0 Å². The van der Waals surface area contributed by atoms with E-state index in [0.717, 1.165) is 22.0 Å². The molecule has 3 heteroatoms. The molecule has 0 spiro atoms. The van der Waals surface area contributed by atoms with Crippen LogP contribution in [-0.2, 0) is 5.75 Å². The average molecular weight is 229 g/mol. The number of furan rings is 1. The van der Waals surface area contributed by atoms with Crippen LogP contribution in [0.4, 0.5) is 0 Å². The zero-order chi connectivity index (χ0) is 11.4. The van der Waals surface area contributed by atoms with Gasteiger partial charge in [0.1, 0.15) is 11.8 Å². The van der Waals surface area contributed by atoms with E-state index in [4.69, 9.17) is 9.68 Å². The SMILES string of the molecule is Cc1ccc(C#N)c(SCc2ccco2)c1. The van der Waals surface area contributed by atoms with Crippen LogP contribution in [0.2, 0.25) is 0 Å². The summed E-state index contributed by atoms with van der Waals surface area (Å²) in [5.41, 5.74) is 1.89. The van der Waals surface area contributed by atoms with Crippen LogP contribution in [-0.4, -0.2) is 0 Å². The third kappa shape index (κ3) is 2.47. The lowest BCUT2D eigenvalue weighted by Crippen LogP contribution is -1.84. The van der Waals surface area contributed by atoms with Crippen LogP contribution in [0.15, 0.2) is 45.9 Å². The van der Waals surface area contributed by atoms with Gasteiger partial charge in [0, 0.05) is 4.90 Å². The predicted octanol–water partition coefficient (Wildman–Crippen LogP) is 3.75. The fourth-order valence-electron chi connectivity index (χ4n) is 1.38. The second-order valence-electron chi connectivity index (χ2n) is 3.48. The van der Waals surface area contributed by atoms with Gasteiger partial charge in [-0.1, -0.05) is 6.07 Å². The molecule has 1 heterocycles. The van der Waals surface area contributed by atoms with Gasteiger partial charge in [0.05, 0.1) is 17.6 Å². The highest BCUT2D eigenvalue weighted by atomic mass is 32.2. The zero-order valence-corrected chi connectivity index (χ0v) is 9.75. The first-order chi connectivity index (χ1) is 7.79. The van der Waals surface area contributed by atoms with Crippen molar-refractivity contribution in [1.29, 1.82) is 5.26 Å². The highest BCUT2D eigenvalue weighted by Crippen LogP contribution is 2.27. The molecule has 0 aliphatic carbocycles. The summed E-state index contributed by atoms with van der Waals surface area (Å²) in [5, 5.41) is 8.98. The molecule has 0 bridgehead atoms. The van der Waals surface area contributed by atoms with Crippen molar-refractivity contribution in [3.63, 3.8) is 0 Å². The molecule has 0 fully saturated rings. The summed E-state index contributed by atoms with van der Waals surface area (Å²) in [7, 11) is 0. The van der Waals surface area contributed by atoms with Gasteiger partial charge < -0.3 is 4.42 Å². The maximum atomic E-state index is 8.98. The Kier molecular flexibility index (Phi) is 3.33. The van der Waals surface area contributed by atoms with Crippen molar-refractivity contribution in [2.24, 2.45) is 0 Å². The first kappa shape index (κ1) is 10.8. The summed E-state index contributed by atoms with van der Waals surface area (Å²) in [6.07, 6.45) is 1.66. The molecule has 1 aromatic carbocycles. The Labute approximate surface area is 98.9 Å². The summed E-state index contributed by atoms with van der Waals surface area (Å²) < 4.78 is 5.26. The van der Waals surface area contributed by atoms with Gasteiger partial charge >= 0.3 is 0 Å². The maximum absolute atomic E-state index is 8.98. The molecule has 0 atom stereocenters. The van der Waals surface area contributed by atoms with E-state index in [1.165, 1.54) is 5.56 Å². The number of nitriles is 1. The Hall–Kier alpha value is -1.66. The summed E-state index contributed by atoms with van der Waals surface area (Å²) in [6.45, 7) is 2.03. The molecular formula is C13H11NOS. The Morgan fingerprint density at radius 1 is 1.38 bits per heavy atom. The van der Waals surface area contributed by atoms with Crippen molar-refractivity contribution >= 4 is 11.8 Å². The number of hydrogen-bond acceptors (Lipinski definition) is 3. The predicted molar refractivity (Wildman–Crippen MR) is 64.2 cm³/mol. The van der Waals surface area contributed by atoms with Crippen molar-refractivity contribution < 1.29 is 4.42 Å². The number of aryl methyl sites for hydroxylation is 1. The number of benzene rings is 1. The molecule has 0 aliphatic heterocycles. The lowest BCUT2D eigenvalue weighted by atomic mass is 10.2. The summed E-state index contributed by atoms with van der Waals surface area (Å²) in [6, 6.07) is 11.9. The Morgan fingerprint density at radius 3 is 2.94 bits per heavy atom. The highest BCUT2D eigenvalue weighted by molar-refractivity contribution is 7.98. The Balaban J connectivity index is 2.15. The van der Waals surface area contributed by atoms with E-state index in [9.17, 15) is 0 Å². The number of nitrogens with zero attached hydrogens (tertiary/aromatic N) is 1. The van der Waals surface area contributed by atoms with Gasteiger partial charge in [0.15, 0.2) is 0 Å². The van der Waals surface area contributed by atoms with E-state index in [2.05, 4.69) is 6.07 Å². The number of hydrogen-bond donors (Lipinski definition) is 0. The van der Waals surface area contributed by atoms with E-state index < -0.39 is 0 Å². The smallest absolute Gasteiger partial charge is 0.113 e. The van der Waals surface area contributed by atoms with Gasteiger partial charge in [-0.2, -0.15) is 5.26 Å². The maximum Gasteiger partial charge on any atom is 0.113 e. The molecule has 0 N–H and O–H groups in total. The molecule has 2 nitrogen and oxygen atoms in total. The van der Waals surface area contributed by atoms with Crippen LogP contribution in [0.5, 0.6) is 0 Å². The monoisotopic (exact) mass is 229 g/mol. The van der Waals surface area contributed by atoms with Crippen molar-refractivity contribution in [2.45, 2.75) is 17.6 Å². The van der Waals surface area contributed by atoms with Crippen LogP contribution in [0.1, 0.15) is 16.9 Å². The Bertz CT molecular complexity index is 511.